The summed E-state index contributed by atoms with van der Waals surface area (Å²) in [7, 11) is 0. The number of rotatable bonds is 4. The largest absolute Gasteiger partial charge is 0.353 e. The zero-order valence-corrected chi connectivity index (χ0v) is 20.8. The van der Waals surface area contributed by atoms with Crippen LogP contribution in [0.15, 0.2) is 24.4 Å². The third-order valence-corrected chi connectivity index (χ3v) is 6.74. The molecule has 0 aromatic carbocycles. The molecule has 0 fully saturated rings. The van der Waals surface area contributed by atoms with Gasteiger partial charge >= 0.3 is 0 Å². The van der Waals surface area contributed by atoms with E-state index in [1.807, 2.05) is 4.68 Å². The SMILES string of the molecule is CC(C)CCn1nc2c3c1CCC(C3)NC(=O)CCCN(C(=O)c1ccccn1)CCCNC2=O. The van der Waals surface area contributed by atoms with Crippen LogP contribution in [-0.2, 0) is 24.2 Å². The van der Waals surface area contributed by atoms with E-state index in [2.05, 4.69) is 29.5 Å². The Balaban J connectivity index is 1.52. The van der Waals surface area contributed by atoms with Gasteiger partial charge in [0.1, 0.15) is 5.69 Å². The lowest BCUT2D eigenvalue weighted by atomic mass is 9.91. The minimum absolute atomic E-state index is 0.0133. The van der Waals surface area contributed by atoms with Crippen LogP contribution in [0.3, 0.4) is 0 Å². The molecule has 9 heteroatoms. The van der Waals surface area contributed by atoms with E-state index < -0.39 is 0 Å². The number of pyridine rings is 1. The molecule has 188 valence electrons. The smallest absolute Gasteiger partial charge is 0.272 e. The van der Waals surface area contributed by atoms with Gasteiger partial charge in [-0.15, -0.1) is 0 Å². The van der Waals surface area contributed by atoms with Crippen LogP contribution in [-0.4, -0.2) is 63.1 Å². The van der Waals surface area contributed by atoms with Crippen molar-refractivity contribution in [2.24, 2.45) is 5.92 Å². The van der Waals surface area contributed by atoms with E-state index in [9.17, 15) is 14.4 Å². The van der Waals surface area contributed by atoms with Crippen LogP contribution >= 0.6 is 0 Å². The van der Waals surface area contributed by atoms with Gasteiger partial charge < -0.3 is 15.5 Å². The van der Waals surface area contributed by atoms with Gasteiger partial charge in [0.15, 0.2) is 5.69 Å². The Kier molecular flexibility index (Phi) is 8.15. The molecular formula is C26H36N6O3. The van der Waals surface area contributed by atoms with Crippen molar-refractivity contribution in [3.8, 4) is 0 Å². The van der Waals surface area contributed by atoms with Crippen LogP contribution in [0.25, 0.3) is 0 Å². The van der Waals surface area contributed by atoms with Gasteiger partial charge in [0, 0.05) is 56.1 Å². The van der Waals surface area contributed by atoms with E-state index in [1.54, 1.807) is 29.3 Å². The molecule has 35 heavy (non-hydrogen) atoms. The summed E-state index contributed by atoms with van der Waals surface area (Å²) in [5, 5.41) is 10.9. The summed E-state index contributed by atoms with van der Waals surface area (Å²) in [6, 6.07) is 5.24. The number of amides is 3. The molecule has 0 saturated heterocycles. The molecule has 1 aliphatic heterocycles. The van der Waals surface area contributed by atoms with Crippen molar-refractivity contribution in [1.29, 1.82) is 0 Å². The normalized spacial score (nSPS) is 19.5. The number of nitrogens with zero attached hydrogens (tertiary/aromatic N) is 4. The first kappa shape index (κ1) is 24.9. The van der Waals surface area contributed by atoms with Gasteiger partial charge in [-0.25, -0.2) is 0 Å². The van der Waals surface area contributed by atoms with Gasteiger partial charge in [-0.05, 0) is 56.6 Å². The second-order valence-corrected chi connectivity index (χ2v) is 9.91. The molecule has 1 unspecified atom stereocenters. The molecule has 2 aromatic heterocycles. The first-order chi connectivity index (χ1) is 16.9. The monoisotopic (exact) mass is 480 g/mol. The number of carbonyl (C=O) groups is 3. The Labute approximate surface area is 206 Å². The second kappa shape index (κ2) is 11.5. The van der Waals surface area contributed by atoms with Gasteiger partial charge in [-0.3, -0.25) is 24.0 Å². The van der Waals surface area contributed by atoms with Gasteiger partial charge in [-0.1, -0.05) is 19.9 Å². The van der Waals surface area contributed by atoms with Gasteiger partial charge in [0.05, 0.1) is 0 Å². The number of hydrogen-bond acceptors (Lipinski definition) is 5. The highest BCUT2D eigenvalue weighted by Gasteiger charge is 2.30. The molecule has 2 aromatic rings. The topological polar surface area (TPSA) is 109 Å². The number of carbonyl (C=O) groups excluding carboxylic acids is 3. The molecule has 2 bridgehead atoms. The number of aryl methyl sites for hydroxylation is 1. The maximum atomic E-state index is 13.1. The molecular weight excluding hydrogens is 444 g/mol. The van der Waals surface area contributed by atoms with Crippen LogP contribution in [0.5, 0.6) is 0 Å². The highest BCUT2D eigenvalue weighted by Crippen LogP contribution is 2.26. The summed E-state index contributed by atoms with van der Waals surface area (Å²) in [5.41, 5.74) is 2.94. The highest BCUT2D eigenvalue weighted by molar-refractivity contribution is 5.94. The van der Waals surface area contributed by atoms with Crippen LogP contribution in [0, 0.1) is 5.92 Å². The predicted molar refractivity (Wildman–Crippen MR) is 132 cm³/mol. The number of hydrogen-bond donors (Lipinski definition) is 2. The maximum absolute atomic E-state index is 13.1. The van der Waals surface area contributed by atoms with Crippen molar-refractivity contribution < 1.29 is 14.4 Å². The molecule has 2 N–H and O–H groups in total. The summed E-state index contributed by atoms with van der Waals surface area (Å²) in [6.07, 6.45) is 6.38. The second-order valence-electron chi connectivity index (χ2n) is 9.91. The molecule has 3 amide bonds. The number of nitrogens with one attached hydrogen (secondary N) is 2. The highest BCUT2D eigenvalue weighted by atomic mass is 16.2. The van der Waals surface area contributed by atoms with Gasteiger partial charge in [0.2, 0.25) is 5.91 Å². The standard InChI is InChI=1S/C26H36N6O3/c1-18(2)11-16-32-22-10-9-19-17-20(22)24(30-32)25(34)28-13-6-15-31(14-5-8-23(33)29-19)26(35)21-7-3-4-12-27-21/h3-4,7,12,18-19H,5-6,8-11,13-17H2,1-2H3,(H,28,34)(H,29,33). The minimum Gasteiger partial charge on any atom is -0.353 e. The average Bonchev–Trinajstić information content (AvgIpc) is 3.21. The Morgan fingerprint density at radius 1 is 1.17 bits per heavy atom. The summed E-state index contributed by atoms with van der Waals surface area (Å²) in [6.45, 7) is 6.53. The summed E-state index contributed by atoms with van der Waals surface area (Å²) in [5.74, 6) is 0.184. The lowest BCUT2D eigenvalue weighted by Gasteiger charge is -2.25. The Morgan fingerprint density at radius 2 is 2.00 bits per heavy atom. The zero-order valence-electron chi connectivity index (χ0n) is 20.8. The lowest BCUT2D eigenvalue weighted by molar-refractivity contribution is -0.122. The van der Waals surface area contributed by atoms with E-state index in [1.165, 1.54) is 0 Å². The Morgan fingerprint density at radius 3 is 2.77 bits per heavy atom. The molecule has 3 heterocycles. The van der Waals surface area contributed by atoms with Crippen molar-refractivity contribution in [2.75, 3.05) is 19.6 Å². The minimum atomic E-state index is -0.186. The summed E-state index contributed by atoms with van der Waals surface area (Å²) < 4.78 is 2.00. The first-order valence-electron chi connectivity index (χ1n) is 12.8. The predicted octanol–water partition coefficient (Wildman–Crippen LogP) is 2.35. The molecule has 2 aliphatic rings. The number of aromatic nitrogens is 3. The van der Waals surface area contributed by atoms with Crippen LogP contribution in [0.1, 0.15) is 78.2 Å². The molecule has 9 nitrogen and oxygen atoms in total. The molecule has 0 radical (unpaired) electrons. The molecule has 1 atom stereocenters. The number of fused-ring (bicyclic) bond motifs is 1. The van der Waals surface area contributed by atoms with E-state index in [0.29, 0.717) is 62.6 Å². The van der Waals surface area contributed by atoms with Crippen LogP contribution in [0.4, 0.5) is 0 Å². The van der Waals surface area contributed by atoms with Crippen molar-refractivity contribution in [3.63, 3.8) is 0 Å². The van der Waals surface area contributed by atoms with E-state index >= 15 is 0 Å². The third-order valence-electron chi connectivity index (χ3n) is 6.74. The Hall–Kier alpha value is -3.23. The van der Waals surface area contributed by atoms with Crippen LogP contribution < -0.4 is 10.6 Å². The molecule has 0 saturated carbocycles. The quantitative estimate of drug-likeness (QED) is 0.698. The zero-order chi connectivity index (χ0) is 24.8. The van der Waals surface area contributed by atoms with E-state index in [-0.39, 0.29) is 23.8 Å². The molecule has 4 rings (SSSR count). The Bertz CT molecular complexity index is 1050. The van der Waals surface area contributed by atoms with Crippen molar-refractivity contribution >= 4 is 17.7 Å². The van der Waals surface area contributed by atoms with E-state index in [4.69, 9.17) is 5.10 Å². The lowest BCUT2D eigenvalue weighted by Crippen LogP contribution is -2.40. The van der Waals surface area contributed by atoms with Gasteiger partial charge in [0.25, 0.3) is 11.8 Å². The molecule has 1 aliphatic carbocycles. The fourth-order valence-electron chi connectivity index (χ4n) is 4.81. The van der Waals surface area contributed by atoms with Crippen LogP contribution in [0.2, 0.25) is 0 Å². The maximum Gasteiger partial charge on any atom is 0.272 e. The molecule has 0 spiro atoms. The third kappa shape index (κ3) is 6.26. The summed E-state index contributed by atoms with van der Waals surface area (Å²) >= 11 is 0. The summed E-state index contributed by atoms with van der Waals surface area (Å²) in [4.78, 5) is 44.7. The van der Waals surface area contributed by atoms with Crippen molar-refractivity contribution in [3.05, 3.63) is 47.0 Å². The fraction of sp³-hybridized carbons (Fsp3) is 0.577. The first-order valence-corrected chi connectivity index (χ1v) is 12.8. The van der Waals surface area contributed by atoms with E-state index in [0.717, 1.165) is 37.1 Å². The van der Waals surface area contributed by atoms with Crippen molar-refractivity contribution in [1.82, 2.24) is 30.3 Å². The van der Waals surface area contributed by atoms with Crippen molar-refractivity contribution in [2.45, 2.75) is 71.4 Å². The average molecular weight is 481 g/mol. The fourth-order valence-corrected chi connectivity index (χ4v) is 4.81. The van der Waals surface area contributed by atoms with Gasteiger partial charge in [-0.2, -0.15) is 5.10 Å².